The second kappa shape index (κ2) is 7.08. The number of allylic oxidation sites excluding steroid dienone is 2. The van der Waals surface area contributed by atoms with Crippen LogP contribution in [0.15, 0.2) is 41.2 Å². The highest BCUT2D eigenvalue weighted by Crippen LogP contribution is 2.42. The molecule has 1 N–H and O–H groups in total. The van der Waals surface area contributed by atoms with Crippen molar-refractivity contribution in [1.29, 1.82) is 0 Å². The Bertz CT molecular complexity index is 543. The van der Waals surface area contributed by atoms with Crippen molar-refractivity contribution >= 4 is 5.71 Å². The Morgan fingerprint density at radius 3 is 2.73 bits per heavy atom. The molecule has 3 rings (SSSR count). The summed E-state index contributed by atoms with van der Waals surface area (Å²) in [6.07, 6.45) is 5.40. The molecular formula is C19H29N3. The van der Waals surface area contributed by atoms with Gasteiger partial charge < -0.3 is 5.32 Å². The standard InChI is InChI=1S/C17H23N3.C2H6/c1-12-8-14-16(20-11-17(14,2)3)15(9-12)19-10-13-6-4-5-7-18-13;1-2/h4-7,9,12,14,19H,8,10-11H2,1-3H3;1-2H3. The second-order valence-electron chi connectivity index (χ2n) is 6.71. The summed E-state index contributed by atoms with van der Waals surface area (Å²) >= 11 is 0. The SMILES string of the molecule is CC.CC1C=C(NCc2ccccn2)C2=NCC(C)(C)C2C1. The van der Waals surface area contributed by atoms with Gasteiger partial charge in [0.05, 0.1) is 23.6 Å². The van der Waals surface area contributed by atoms with Crippen LogP contribution in [0.25, 0.3) is 0 Å². The first-order chi connectivity index (χ1) is 10.6. The fourth-order valence-corrected chi connectivity index (χ4v) is 3.23. The number of pyridine rings is 1. The smallest absolute Gasteiger partial charge is 0.0613 e. The van der Waals surface area contributed by atoms with E-state index in [-0.39, 0.29) is 0 Å². The molecule has 0 aromatic carbocycles. The lowest BCUT2D eigenvalue weighted by Crippen LogP contribution is -2.35. The van der Waals surface area contributed by atoms with Gasteiger partial charge in [0, 0.05) is 18.7 Å². The fraction of sp³-hybridized carbons (Fsp3) is 0.579. The zero-order chi connectivity index (χ0) is 16.2. The predicted molar refractivity (Wildman–Crippen MR) is 93.9 cm³/mol. The monoisotopic (exact) mass is 299 g/mol. The number of aliphatic imine (C=N–C) groups is 1. The fourth-order valence-electron chi connectivity index (χ4n) is 3.23. The molecule has 2 aliphatic rings. The Labute approximate surface area is 135 Å². The lowest BCUT2D eigenvalue weighted by Gasteiger charge is -2.33. The number of hydrogen-bond donors (Lipinski definition) is 1. The Balaban J connectivity index is 0.000000847. The number of rotatable bonds is 3. The number of aromatic nitrogens is 1. The Morgan fingerprint density at radius 2 is 2.05 bits per heavy atom. The lowest BCUT2D eigenvalue weighted by molar-refractivity contribution is 0.278. The van der Waals surface area contributed by atoms with Gasteiger partial charge in [-0.25, -0.2) is 0 Å². The van der Waals surface area contributed by atoms with Crippen molar-refractivity contribution in [1.82, 2.24) is 10.3 Å². The molecule has 0 saturated carbocycles. The lowest BCUT2D eigenvalue weighted by atomic mass is 9.71. The molecule has 0 amide bonds. The van der Waals surface area contributed by atoms with E-state index in [2.05, 4.69) is 43.2 Å². The van der Waals surface area contributed by atoms with E-state index in [9.17, 15) is 0 Å². The third-order valence-corrected chi connectivity index (χ3v) is 4.45. The van der Waals surface area contributed by atoms with Gasteiger partial charge in [-0.2, -0.15) is 0 Å². The largest absolute Gasteiger partial charge is 0.378 e. The molecule has 1 aliphatic heterocycles. The number of nitrogens with one attached hydrogen (secondary N) is 1. The summed E-state index contributed by atoms with van der Waals surface area (Å²) < 4.78 is 0. The highest BCUT2D eigenvalue weighted by atomic mass is 15.0. The van der Waals surface area contributed by atoms with Crippen LogP contribution in [0.5, 0.6) is 0 Å². The average molecular weight is 299 g/mol. The molecular weight excluding hydrogens is 270 g/mol. The van der Waals surface area contributed by atoms with Crippen LogP contribution < -0.4 is 5.32 Å². The molecule has 0 saturated heterocycles. The highest BCUT2D eigenvalue weighted by molar-refractivity contribution is 6.03. The van der Waals surface area contributed by atoms with Crippen LogP contribution in [0.4, 0.5) is 0 Å². The molecule has 3 nitrogen and oxygen atoms in total. The first kappa shape index (κ1) is 16.7. The van der Waals surface area contributed by atoms with Crippen LogP contribution in [0.1, 0.15) is 46.7 Å². The van der Waals surface area contributed by atoms with Gasteiger partial charge in [-0.05, 0) is 29.9 Å². The van der Waals surface area contributed by atoms with Crippen LogP contribution in [0, 0.1) is 17.3 Å². The summed E-state index contributed by atoms with van der Waals surface area (Å²) in [4.78, 5) is 9.17. The van der Waals surface area contributed by atoms with Crippen LogP contribution in [-0.2, 0) is 6.54 Å². The number of fused-ring (bicyclic) bond motifs is 1. The molecule has 120 valence electrons. The molecule has 0 spiro atoms. The van der Waals surface area contributed by atoms with E-state index in [1.54, 1.807) is 0 Å². The maximum Gasteiger partial charge on any atom is 0.0613 e. The Hall–Kier alpha value is -1.64. The van der Waals surface area contributed by atoms with Crippen LogP contribution in [0.3, 0.4) is 0 Å². The molecule has 22 heavy (non-hydrogen) atoms. The van der Waals surface area contributed by atoms with Crippen molar-refractivity contribution in [2.75, 3.05) is 6.54 Å². The van der Waals surface area contributed by atoms with Crippen molar-refractivity contribution in [2.24, 2.45) is 22.2 Å². The van der Waals surface area contributed by atoms with E-state index in [1.165, 1.54) is 17.8 Å². The predicted octanol–water partition coefficient (Wildman–Crippen LogP) is 4.22. The molecule has 2 heterocycles. The zero-order valence-corrected chi connectivity index (χ0v) is 14.6. The van der Waals surface area contributed by atoms with Crippen molar-refractivity contribution in [3.63, 3.8) is 0 Å². The van der Waals surface area contributed by atoms with E-state index in [4.69, 9.17) is 4.99 Å². The van der Waals surface area contributed by atoms with Gasteiger partial charge in [-0.15, -0.1) is 0 Å². The van der Waals surface area contributed by atoms with Gasteiger partial charge in [-0.1, -0.05) is 46.8 Å². The van der Waals surface area contributed by atoms with E-state index < -0.39 is 0 Å². The minimum Gasteiger partial charge on any atom is -0.378 e. The Kier molecular flexibility index (Phi) is 5.38. The quantitative estimate of drug-likeness (QED) is 0.907. The molecule has 0 bridgehead atoms. The maximum absolute atomic E-state index is 4.80. The number of hydrogen-bond acceptors (Lipinski definition) is 3. The normalized spacial score (nSPS) is 25.3. The zero-order valence-electron chi connectivity index (χ0n) is 14.6. The molecule has 0 radical (unpaired) electrons. The average Bonchev–Trinajstić information content (AvgIpc) is 2.83. The number of nitrogens with zero attached hydrogens (tertiary/aromatic N) is 2. The van der Waals surface area contributed by atoms with Crippen LogP contribution in [0.2, 0.25) is 0 Å². The third kappa shape index (κ3) is 3.57. The van der Waals surface area contributed by atoms with E-state index in [0.29, 0.717) is 17.3 Å². The summed E-state index contributed by atoms with van der Waals surface area (Å²) in [5.41, 5.74) is 3.88. The van der Waals surface area contributed by atoms with Crippen LogP contribution >= 0.6 is 0 Å². The first-order valence-corrected chi connectivity index (χ1v) is 8.46. The molecule has 1 aromatic heterocycles. The van der Waals surface area contributed by atoms with Gasteiger partial charge in [0.25, 0.3) is 0 Å². The van der Waals surface area contributed by atoms with Crippen LogP contribution in [-0.4, -0.2) is 17.2 Å². The summed E-state index contributed by atoms with van der Waals surface area (Å²) in [5, 5.41) is 3.55. The third-order valence-electron chi connectivity index (χ3n) is 4.45. The minimum absolute atomic E-state index is 0.301. The second-order valence-corrected chi connectivity index (χ2v) is 6.71. The summed E-state index contributed by atoms with van der Waals surface area (Å²) in [6, 6.07) is 6.03. The topological polar surface area (TPSA) is 37.3 Å². The van der Waals surface area contributed by atoms with Gasteiger partial charge in [0.15, 0.2) is 0 Å². The van der Waals surface area contributed by atoms with Gasteiger partial charge in [0.1, 0.15) is 0 Å². The molecule has 1 aliphatic carbocycles. The molecule has 2 unspecified atom stereocenters. The first-order valence-electron chi connectivity index (χ1n) is 8.46. The highest BCUT2D eigenvalue weighted by Gasteiger charge is 2.41. The van der Waals surface area contributed by atoms with E-state index in [1.807, 2.05) is 32.2 Å². The molecule has 0 fully saturated rings. The van der Waals surface area contributed by atoms with Gasteiger partial charge >= 0.3 is 0 Å². The molecule has 1 aromatic rings. The summed E-state index contributed by atoms with van der Waals surface area (Å²) in [6.45, 7) is 12.7. The molecule has 2 atom stereocenters. The minimum atomic E-state index is 0.301. The van der Waals surface area contributed by atoms with E-state index in [0.717, 1.165) is 18.8 Å². The van der Waals surface area contributed by atoms with Crippen molar-refractivity contribution < 1.29 is 0 Å². The maximum atomic E-state index is 4.80. The van der Waals surface area contributed by atoms with Gasteiger partial charge in [0.2, 0.25) is 0 Å². The molecule has 3 heteroatoms. The van der Waals surface area contributed by atoms with Gasteiger partial charge in [-0.3, -0.25) is 9.98 Å². The van der Waals surface area contributed by atoms with Crippen molar-refractivity contribution in [3.05, 3.63) is 41.9 Å². The van der Waals surface area contributed by atoms with E-state index >= 15 is 0 Å². The summed E-state index contributed by atoms with van der Waals surface area (Å²) in [5.74, 6) is 1.20. The van der Waals surface area contributed by atoms with Crippen molar-refractivity contribution in [3.8, 4) is 0 Å². The van der Waals surface area contributed by atoms with Crippen molar-refractivity contribution in [2.45, 2.75) is 47.6 Å². The Morgan fingerprint density at radius 1 is 1.27 bits per heavy atom. The summed E-state index contributed by atoms with van der Waals surface area (Å²) in [7, 11) is 0.